The molecule has 0 atom stereocenters. The van der Waals surface area contributed by atoms with E-state index >= 15 is 0 Å². The van der Waals surface area contributed by atoms with E-state index in [0.717, 1.165) is 53.7 Å². The van der Waals surface area contributed by atoms with Crippen molar-refractivity contribution >= 4 is 20.9 Å². The van der Waals surface area contributed by atoms with Crippen molar-refractivity contribution in [1.29, 1.82) is 0 Å². The van der Waals surface area contributed by atoms with E-state index in [0.29, 0.717) is 4.90 Å². The number of hydrogen-bond acceptors (Lipinski definition) is 4. The number of H-pyrrole nitrogens is 1. The Kier molecular flexibility index (Phi) is 3.64. The molecule has 0 bridgehead atoms. The molecule has 1 aliphatic carbocycles. The van der Waals surface area contributed by atoms with Gasteiger partial charge in [-0.15, -0.1) is 0 Å². The number of rotatable bonds is 3. The number of fused-ring (bicyclic) bond motifs is 2. The van der Waals surface area contributed by atoms with Crippen LogP contribution < -0.4 is 0 Å². The predicted octanol–water partition coefficient (Wildman–Crippen LogP) is 3.30. The maximum absolute atomic E-state index is 12.4. The lowest BCUT2D eigenvalue weighted by atomic mass is 9.88. The normalized spacial score (nSPS) is 14.7. The van der Waals surface area contributed by atoms with E-state index in [1.165, 1.54) is 5.56 Å². The minimum Gasteiger partial charge on any atom is -0.338 e. The van der Waals surface area contributed by atoms with Crippen LogP contribution in [0, 0.1) is 0 Å². The van der Waals surface area contributed by atoms with Crippen LogP contribution in [0.5, 0.6) is 0 Å². The Morgan fingerprint density at radius 1 is 1.21 bits per heavy atom. The highest BCUT2D eigenvalue weighted by Gasteiger charge is 2.22. The molecule has 6 heteroatoms. The Balaban J connectivity index is 1.97. The van der Waals surface area contributed by atoms with Crippen LogP contribution in [0.15, 0.2) is 35.5 Å². The molecule has 0 radical (unpaired) electrons. The minimum atomic E-state index is -3.25. The maximum atomic E-state index is 12.4. The number of aryl methyl sites for hydroxylation is 1. The van der Waals surface area contributed by atoms with Gasteiger partial charge in [-0.05, 0) is 55.0 Å². The van der Waals surface area contributed by atoms with Gasteiger partial charge in [0.25, 0.3) is 0 Å². The third-order valence-corrected chi connectivity index (χ3v) is 6.43. The quantitative estimate of drug-likeness (QED) is 0.793. The Hall–Kier alpha value is -2.21. The molecule has 0 amide bonds. The summed E-state index contributed by atoms with van der Waals surface area (Å²) in [5, 5.41) is 0. The fraction of sp³-hybridized carbons (Fsp3) is 0.333. The van der Waals surface area contributed by atoms with E-state index in [2.05, 4.69) is 15.0 Å². The summed E-state index contributed by atoms with van der Waals surface area (Å²) in [6, 6.07) is 5.53. The summed E-state index contributed by atoms with van der Waals surface area (Å²) in [6.45, 7) is 1.68. The molecule has 2 aromatic heterocycles. The van der Waals surface area contributed by atoms with Gasteiger partial charge in [-0.25, -0.2) is 13.4 Å². The van der Waals surface area contributed by atoms with E-state index in [-0.39, 0.29) is 5.75 Å². The number of aromatic nitrogens is 3. The number of imidazole rings is 1. The van der Waals surface area contributed by atoms with Gasteiger partial charge in [-0.3, -0.25) is 4.98 Å². The molecular formula is C18H19N3O2S. The van der Waals surface area contributed by atoms with Gasteiger partial charge in [-0.2, -0.15) is 0 Å². The number of nitrogens with one attached hydrogen (secondary N) is 1. The van der Waals surface area contributed by atoms with E-state index in [9.17, 15) is 8.42 Å². The Morgan fingerprint density at radius 2 is 2.04 bits per heavy atom. The lowest BCUT2D eigenvalue weighted by molar-refractivity contribution is 0.596. The van der Waals surface area contributed by atoms with Crippen molar-refractivity contribution in [2.45, 2.75) is 37.5 Å². The summed E-state index contributed by atoms with van der Waals surface area (Å²) in [7, 11) is -3.25. The number of aromatic amines is 1. The average Bonchev–Trinajstić information content (AvgIpc) is 3.04. The lowest BCUT2D eigenvalue weighted by Crippen LogP contribution is -2.10. The van der Waals surface area contributed by atoms with Crippen LogP contribution in [0.4, 0.5) is 0 Å². The van der Waals surface area contributed by atoms with Crippen molar-refractivity contribution in [3.63, 3.8) is 0 Å². The first-order valence-corrected chi connectivity index (χ1v) is 9.92. The Bertz CT molecular complexity index is 989. The van der Waals surface area contributed by atoms with Gasteiger partial charge >= 0.3 is 0 Å². The van der Waals surface area contributed by atoms with Crippen molar-refractivity contribution in [3.05, 3.63) is 41.7 Å². The predicted molar refractivity (Wildman–Crippen MR) is 93.7 cm³/mol. The van der Waals surface area contributed by atoms with Crippen LogP contribution in [0.25, 0.3) is 22.4 Å². The van der Waals surface area contributed by atoms with Crippen molar-refractivity contribution < 1.29 is 8.42 Å². The van der Waals surface area contributed by atoms with Crippen molar-refractivity contribution in [1.82, 2.24) is 15.0 Å². The number of benzene rings is 1. The molecule has 3 aromatic rings. The fourth-order valence-corrected chi connectivity index (χ4v) is 4.33. The first kappa shape index (κ1) is 15.3. The van der Waals surface area contributed by atoms with E-state index in [1.54, 1.807) is 25.4 Å². The zero-order valence-corrected chi connectivity index (χ0v) is 14.4. The molecule has 1 N–H and O–H groups in total. The monoisotopic (exact) mass is 341 g/mol. The maximum Gasteiger partial charge on any atom is 0.178 e. The Labute approximate surface area is 141 Å². The molecule has 0 unspecified atom stereocenters. The molecule has 1 aliphatic rings. The number of sulfone groups is 1. The van der Waals surface area contributed by atoms with Crippen LogP contribution in [0.3, 0.4) is 0 Å². The van der Waals surface area contributed by atoms with Gasteiger partial charge in [0.1, 0.15) is 11.3 Å². The van der Waals surface area contributed by atoms with Crippen LogP contribution in [-0.4, -0.2) is 29.1 Å². The average molecular weight is 341 g/mol. The molecule has 1 aromatic carbocycles. The van der Waals surface area contributed by atoms with Gasteiger partial charge in [-0.1, -0.05) is 6.92 Å². The highest BCUT2D eigenvalue weighted by Crippen LogP contribution is 2.34. The van der Waals surface area contributed by atoms with Gasteiger partial charge in [0.2, 0.25) is 0 Å². The molecule has 124 valence electrons. The largest absolute Gasteiger partial charge is 0.338 e. The number of nitrogens with zero attached hydrogens (tertiary/aromatic N) is 2. The van der Waals surface area contributed by atoms with Gasteiger partial charge in [0.15, 0.2) is 9.84 Å². The molecule has 2 heterocycles. The third-order valence-electron chi connectivity index (χ3n) is 4.72. The molecule has 4 rings (SSSR count). The van der Waals surface area contributed by atoms with Crippen molar-refractivity contribution in [3.8, 4) is 11.4 Å². The summed E-state index contributed by atoms with van der Waals surface area (Å²) in [4.78, 5) is 12.4. The minimum absolute atomic E-state index is 0.106. The third kappa shape index (κ3) is 2.51. The number of pyridine rings is 1. The van der Waals surface area contributed by atoms with Crippen LogP contribution in [0.1, 0.15) is 30.9 Å². The first-order chi connectivity index (χ1) is 11.6. The van der Waals surface area contributed by atoms with Crippen LogP contribution in [-0.2, 0) is 22.7 Å². The summed E-state index contributed by atoms with van der Waals surface area (Å²) in [5.41, 5.74) is 4.98. The topological polar surface area (TPSA) is 75.7 Å². The molecule has 5 nitrogen and oxygen atoms in total. The van der Waals surface area contributed by atoms with Crippen LogP contribution >= 0.6 is 0 Å². The summed E-state index contributed by atoms with van der Waals surface area (Å²) >= 11 is 0. The zero-order chi connectivity index (χ0) is 16.7. The summed E-state index contributed by atoms with van der Waals surface area (Å²) in [5.74, 6) is 0.833. The lowest BCUT2D eigenvalue weighted by Gasteiger charge is -2.20. The van der Waals surface area contributed by atoms with Gasteiger partial charge < -0.3 is 4.98 Å². The standard InChI is InChI=1S/C18H19N3O2S/c1-2-24(22,23)13-9-12-5-3-4-6-14(12)15(10-13)18-20-16-7-8-19-11-17(16)21-18/h7-11H,2-6H2,1H3,(H,20,21). The highest BCUT2D eigenvalue weighted by molar-refractivity contribution is 7.91. The van der Waals surface area contributed by atoms with E-state index < -0.39 is 9.84 Å². The fourth-order valence-electron chi connectivity index (χ4n) is 3.38. The van der Waals surface area contributed by atoms with Crippen molar-refractivity contribution in [2.75, 3.05) is 5.75 Å². The molecule has 0 fully saturated rings. The highest BCUT2D eigenvalue weighted by atomic mass is 32.2. The Morgan fingerprint density at radius 3 is 2.83 bits per heavy atom. The van der Waals surface area contributed by atoms with Crippen molar-refractivity contribution in [2.24, 2.45) is 0 Å². The second kappa shape index (κ2) is 5.70. The van der Waals surface area contributed by atoms with E-state index in [4.69, 9.17) is 0 Å². The second-order valence-electron chi connectivity index (χ2n) is 6.20. The number of hydrogen-bond donors (Lipinski definition) is 1. The van der Waals surface area contributed by atoms with Gasteiger partial charge in [0, 0.05) is 11.8 Å². The molecule has 24 heavy (non-hydrogen) atoms. The second-order valence-corrected chi connectivity index (χ2v) is 8.48. The molecule has 0 saturated carbocycles. The first-order valence-electron chi connectivity index (χ1n) is 8.27. The van der Waals surface area contributed by atoms with E-state index in [1.807, 2.05) is 12.1 Å². The summed E-state index contributed by atoms with van der Waals surface area (Å²) in [6.07, 6.45) is 7.56. The summed E-state index contributed by atoms with van der Waals surface area (Å²) < 4.78 is 24.8. The van der Waals surface area contributed by atoms with Gasteiger partial charge in [0.05, 0.1) is 22.4 Å². The molecule has 0 saturated heterocycles. The smallest absolute Gasteiger partial charge is 0.178 e. The SMILES string of the molecule is CCS(=O)(=O)c1cc2c(c(-c3nc4cnccc4[nH]3)c1)CCCC2. The van der Waals surface area contributed by atoms with Crippen LogP contribution in [0.2, 0.25) is 0 Å². The molecule has 0 aliphatic heterocycles. The molecule has 0 spiro atoms. The zero-order valence-electron chi connectivity index (χ0n) is 13.5. The molecular weight excluding hydrogens is 322 g/mol.